The number of fused-ring (bicyclic) bond motifs is 3. The molecule has 2 bridgehead atoms. The lowest BCUT2D eigenvalue weighted by Gasteiger charge is -2.30. The van der Waals surface area contributed by atoms with Crippen molar-refractivity contribution in [3.8, 4) is 5.75 Å². The minimum atomic E-state index is -0.551. The number of nitrogen functional groups attached to an aromatic ring is 1. The summed E-state index contributed by atoms with van der Waals surface area (Å²) >= 11 is 0. The molecule has 2 aliphatic rings. The van der Waals surface area contributed by atoms with Gasteiger partial charge in [-0.3, -0.25) is 0 Å². The number of ether oxygens (including phenoxy) is 1. The normalized spacial score (nSPS) is 22.3. The maximum absolute atomic E-state index is 14.1. The maximum Gasteiger partial charge on any atom is 0.166 e. The summed E-state index contributed by atoms with van der Waals surface area (Å²) in [6.45, 7) is 2.10. The first kappa shape index (κ1) is 21.5. The van der Waals surface area contributed by atoms with E-state index in [1.807, 2.05) is 0 Å². The van der Waals surface area contributed by atoms with Crippen molar-refractivity contribution < 1.29 is 9.13 Å². The van der Waals surface area contributed by atoms with Gasteiger partial charge >= 0.3 is 0 Å². The molecule has 0 saturated heterocycles. The zero-order valence-electron chi connectivity index (χ0n) is 17.8. The topological polar surface area (TPSA) is 132 Å². The van der Waals surface area contributed by atoms with Crippen LogP contribution >= 0.6 is 0 Å². The summed E-state index contributed by atoms with van der Waals surface area (Å²) in [4.78, 5) is 4.31. The quantitative estimate of drug-likeness (QED) is 0.359. The van der Waals surface area contributed by atoms with Gasteiger partial charge in [0.15, 0.2) is 11.6 Å². The van der Waals surface area contributed by atoms with Gasteiger partial charge in [-0.05, 0) is 50.5 Å². The first-order valence-corrected chi connectivity index (χ1v) is 10.5. The number of benzene rings is 1. The standard InChI is InChI=1S/C23H26FN7O/c1-13-19-8-16(24)5-6-18(19)20(12-30-27)28-11-15(9-25)22(31-17-3-2-4-17)14-7-21(32-13)23(26)29-10-14/h5-10,12-13,17,25,27-28,31H,2-4,11H2,1H3,(H2,26,29)/b20-12-,22-15+,25-9?,30-27?. The van der Waals surface area contributed by atoms with Crippen molar-refractivity contribution in [1.29, 1.82) is 10.9 Å². The molecule has 8 nitrogen and oxygen atoms in total. The summed E-state index contributed by atoms with van der Waals surface area (Å²) in [7, 11) is 0. The molecule has 6 N–H and O–H groups in total. The van der Waals surface area contributed by atoms with Gasteiger partial charge in [0.1, 0.15) is 11.9 Å². The number of nitrogens with zero attached hydrogens (tertiary/aromatic N) is 2. The van der Waals surface area contributed by atoms with E-state index in [9.17, 15) is 4.39 Å². The van der Waals surface area contributed by atoms with E-state index in [-0.39, 0.29) is 5.82 Å². The number of hydrogen-bond donors (Lipinski definition) is 5. The van der Waals surface area contributed by atoms with Gasteiger partial charge in [0.05, 0.1) is 11.9 Å². The minimum Gasteiger partial charge on any atom is -0.482 e. The zero-order chi connectivity index (χ0) is 22.7. The van der Waals surface area contributed by atoms with E-state index < -0.39 is 11.9 Å². The molecule has 1 aromatic heterocycles. The molecule has 1 atom stereocenters. The molecule has 2 aromatic rings. The molecule has 9 heteroatoms. The van der Waals surface area contributed by atoms with Crippen molar-refractivity contribution in [2.24, 2.45) is 5.11 Å². The Kier molecular flexibility index (Phi) is 6.16. The van der Waals surface area contributed by atoms with Crippen molar-refractivity contribution in [2.45, 2.75) is 38.3 Å². The molecule has 32 heavy (non-hydrogen) atoms. The summed E-state index contributed by atoms with van der Waals surface area (Å²) in [6, 6.07) is 6.51. The van der Waals surface area contributed by atoms with E-state index in [1.54, 1.807) is 25.3 Å². The number of nitrogens with two attached hydrogens (primary N) is 1. The first-order chi connectivity index (χ1) is 15.5. The zero-order valence-corrected chi connectivity index (χ0v) is 17.8. The molecule has 0 amide bonds. The Morgan fingerprint density at radius 1 is 1.34 bits per heavy atom. The van der Waals surface area contributed by atoms with Gasteiger partial charge in [0.25, 0.3) is 0 Å². The SMILES string of the molecule is CC1Oc2cc(cnc2N)/C(NC2CCC2)=C(/C=N)CN/C(=C\N=N)c2ccc(F)cc21. The molecular weight excluding hydrogens is 409 g/mol. The van der Waals surface area contributed by atoms with E-state index in [0.717, 1.165) is 24.1 Å². The van der Waals surface area contributed by atoms with E-state index in [0.29, 0.717) is 40.7 Å². The predicted molar refractivity (Wildman–Crippen MR) is 122 cm³/mol. The summed E-state index contributed by atoms with van der Waals surface area (Å²) in [6.07, 6.45) is 7.06. The number of rotatable bonds is 4. The molecule has 2 heterocycles. The van der Waals surface area contributed by atoms with Gasteiger partial charge < -0.3 is 26.5 Å². The molecule has 1 fully saturated rings. The third-order valence-electron chi connectivity index (χ3n) is 5.83. The maximum atomic E-state index is 14.1. The largest absolute Gasteiger partial charge is 0.482 e. The lowest BCUT2D eigenvalue weighted by molar-refractivity contribution is 0.226. The Morgan fingerprint density at radius 3 is 2.84 bits per heavy atom. The Bertz CT molecular complexity index is 1110. The van der Waals surface area contributed by atoms with Crippen LogP contribution in [0.15, 0.2) is 47.3 Å². The van der Waals surface area contributed by atoms with Crippen LogP contribution in [0.25, 0.3) is 11.4 Å². The van der Waals surface area contributed by atoms with E-state index in [2.05, 4.69) is 20.7 Å². The first-order valence-electron chi connectivity index (χ1n) is 10.5. The number of nitrogens with one attached hydrogen (secondary N) is 4. The van der Waals surface area contributed by atoms with E-state index >= 15 is 0 Å². The molecule has 1 aromatic carbocycles. The summed E-state index contributed by atoms with van der Waals surface area (Å²) in [5.41, 5.74) is 17.4. The van der Waals surface area contributed by atoms with Crippen LogP contribution in [0, 0.1) is 16.8 Å². The lowest BCUT2D eigenvalue weighted by atomic mass is 9.92. The van der Waals surface area contributed by atoms with E-state index in [1.165, 1.54) is 31.0 Å². The van der Waals surface area contributed by atoms with Crippen LogP contribution in [0.3, 0.4) is 0 Å². The number of hydrogen-bond acceptors (Lipinski definition) is 8. The highest BCUT2D eigenvalue weighted by molar-refractivity contribution is 5.90. The number of anilines is 1. The highest BCUT2D eigenvalue weighted by Gasteiger charge is 2.23. The van der Waals surface area contributed by atoms with Gasteiger partial charge in [-0.2, -0.15) is 5.11 Å². The molecular formula is C23H26FN7O. The van der Waals surface area contributed by atoms with Gasteiger partial charge in [0, 0.05) is 53.0 Å². The summed E-state index contributed by atoms with van der Waals surface area (Å²) in [5, 5.41) is 18.3. The summed E-state index contributed by atoms with van der Waals surface area (Å²) < 4.78 is 20.3. The van der Waals surface area contributed by atoms with Gasteiger partial charge in [-0.15, -0.1) is 0 Å². The Morgan fingerprint density at radius 2 is 2.16 bits per heavy atom. The van der Waals surface area contributed by atoms with Gasteiger partial charge in [0.2, 0.25) is 0 Å². The van der Waals surface area contributed by atoms with Crippen LogP contribution in [0.4, 0.5) is 10.2 Å². The van der Waals surface area contributed by atoms with Crippen molar-refractivity contribution >= 4 is 23.4 Å². The van der Waals surface area contributed by atoms with E-state index in [4.69, 9.17) is 21.4 Å². The van der Waals surface area contributed by atoms with Crippen LogP contribution in [-0.2, 0) is 0 Å². The van der Waals surface area contributed by atoms with Crippen LogP contribution < -0.4 is 21.1 Å². The molecule has 1 aliphatic carbocycles. The molecule has 0 radical (unpaired) electrons. The Labute approximate surface area is 185 Å². The fourth-order valence-electron chi connectivity index (χ4n) is 3.85. The molecule has 4 rings (SSSR count). The molecule has 1 aliphatic heterocycles. The van der Waals surface area contributed by atoms with Crippen molar-refractivity contribution in [1.82, 2.24) is 15.6 Å². The Balaban J connectivity index is 1.88. The van der Waals surface area contributed by atoms with Crippen LogP contribution in [0.2, 0.25) is 0 Å². The molecule has 1 saturated carbocycles. The van der Waals surface area contributed by atoms with Crippen LogP contribution in [-0.4, -0.2) is 23.8 Å². The average Bonchev–Trinajstić information content (AvgIpc) is 2.75. The Hall–Kier alpha value is -3.75. The minimum absolute atomic E-state index is 0.227. The number of aromatic nitrogens is 1. The lowest BCUT2D eigenvalue weighted by Crippen LogP contribution is -2.35. The second-order valence-electron chi connectivity index (χ2n) is 7.94. The number of halogens is 1. The second-order valence-corrected chi connectivity index (χ2v) is 7.94. The molecule has 0 spiro atoms. The smallest absolute Gasteiger partial charge is 0.166 e. The predicted octanol–water partition coefficient (Wildman–Crippen LogP) is 4.38. The average molecular weight is 436 g/mol. The summed E-state index contributed by atoms with van der Waals surface area (Å²) in [5.74, 6) is 0.206. The molecule has 166 valence electrons. The van der Waals surface area contributed by atoms with Crippen molar-refractivity contribution in [2.75, 3.05) is 12.3 Å². The molecule has 1 unspecified atom stereocenters. The third kappa shape index (κ3) is 4.32. The third-order valence-corrected chi connectivity index (χ3v) is 5.83. The fraction of sp³-hybridized carbons (Fsp3) is 0.304. The second kappa shape index (κ2) is 9.17. The van der Waals surface area contributed by atoms with Crippen LogP contribution in [0.1, 0.15) is 49.0 Å². The van der Waals surface area contributed by atoms with Crippen molar-refractivity contribution in [3.63, 3.8) is 0 Å². The monoisotopic (exact) mass is 435 g/mol. The van der Waals surface area contributed by atoms with Crippen molar-refractivity contribution in [3.05, 3.63) is 64.7 Å². The number of pyridine rings is 1. The fourth-order valence-corrected chi connectivity index (χ4v) is 3.85. The highest BCUT2D eigenvalue weighted by atomic mass is 19.1. The highest BCUT2D eigenvalue weighted by Crippen LogP contribution is 2.34. The van der Waals surface area contributed by atoms with Crippen LogP contribution in [0.5, 0.6) is 5.75 Å². The van der Waals surface area contributed by atoms with Gasteiger partial charge in [-0.25, -0.2) is 14.9 Å². The van der Waals surface area contributed by atoms with Gasteiger partial charge in [-0.1, -0.05) is 0 Å².